The number of rotatable bonds is 4. The molecule has 0 atom stereocenters. The van der Waals surface area contributed by atoms with E-state index in [1.165, 1.54) is 13.3 Å². The van der Waals surface area contributed by atoms with Crippen molar-refractivity contribution in [1.29, 1.82) is 0 Å². The SMILES string of the molecule is COc1cc(Br)cc(/C=N/NC(=O)c2cc3ccccc3n2C)c1O. The number of phenolic OH excluding ortho intramolecular Hbond substituents is 1. The number of nitrogens with zero attached hydrogens (tertiary/aromatic N) is 2. The van der Waals surface area contributed by atoms with Gasteiger partial charge in [-0.2, -0.15) is 5.10 Å². The summed E-state index contributed by atoms with van der Waals surface area (Å²) in [5.74, 6) is -0.0689. The van der Waals surface area contributed by atoms with Crippen molar-refractivity contribution >= 4 is 39.0 Å². The number of aryl methyl sites for hydroxylation is 1. The maximum Gasteiger partial charge on any atom is 0.287 e. The Bertz CT molecular complexity index is 979. The highest BCUT2D eigenvalue weighted by atomic mass is 79.9. The summed E-state index contributed by atoms with van der Waals surface area (Å²) >= 11 is 3.33. The number of carbonyl (C=O) groups excluding carboxylic acids is 1. The number of halogens is 1. The van der Waals surface area contributed by atoms with E-state index < -0.39 is 0 Å². The number of hydrazone groups is 1. The molecule has 6 nitrogen and oxygen atoms in total. The van der Waals surface area contributed by atoms with Crippen LogP contribution < -0.4 is 10.2 Å². The Morgan fingerprint density at radius 3 is 2.80 bits per heavy atom. The van der Waals surface area contributed by atoms with Gasteiger partial charge in [-0.25, -0.2) is 5.43 Å². The number of hydrogen-bond donors (Lipinski definition) is 2. The van der Waals surface area contributed by atoms with Gasteiger partial charge in [-0.15, -0.1) is 0 Å². The second-order valence-corrected chi connectivity index (χ2v) is 6.31. The minimum atomic E-state index is -0.337. The summed E-state index contributed by atoms with van der Waals surface area (Å²) in [6.45, 7) is 0. The van der Waals surface area contributed by atoms with E-state index in [2.05, 4.69) is 26.5 Å². The number of phenols is 1. The van der Waals surface area contributed by atoms with Crippen LogP contribution in [0.2, 0.25) is 0 Å². The van der Waals surface area contributed by atoms with Gasteiger partial charge in [-0.3, -0.25) is 4.79 Å². The molecule has 0 spiro atoms. The molecule has 0 radical (unpaired) electrons. The number of para-hydroxylation sites is 1. The van der Waals surface area contributed by atoms with Crippen LogP contribution in [0, 0.1) is 0 Å². The van der Waals surface area contributed by atoms with Crippen LogP contribution in [0.4, 0.5) is 0 Å². The second kappa shape index (κ2) is 6.98. The molecule has 0 bridgehead atoms. The molecule has 0 aliphatic rings. The number of ether oxygens (including phenoxy) is 1. The molecule has 128 valence electrons. The first kappa shape index (κ1) is 17.0. The van der Waals surface area contributed by atoms with Gasteiger partial charge in [0.05, 0.1) is 13.3 Å². The molecule has 0 aliphatic carbocycles. The summed E-state index contributed by atoms with van der Waals surface area (Å²) in [5, 5.41) is 15.0. The highest BCUT2D eigenvalue weighted by Gasteiger charge is 2.13. The number of aromatic hydroxyl groups is 1. The number of carbonyl (C=O) groups is 1. The van der Waals surface area contributed by atoms with Gasteiger partial charge in [0, 0.05) is 28.0 Å². The lowest BCUT2D eigenvalue weighted by Gasteiger charge is -2.07. The van der Waals surface area contributed by atoms with E-state index in [1.54, 1.807) is 22.8 Å². The van der Waals surface area contributed by atoms with E-state index in [4.69, 9.17) is 4.74 Å². The highest BCUT2D eigenvalue weighted by Crippen LogP contribution is 2.32. The lowest BCUT2D eigenvalue weighted by atomic mass is 10.2. The Morgan fingerprint density at radius 1 is 1.32 bits per heavy atom. The predicted molar refractivity (Wildman–Crippen MR) is 100 cm³/mol. The fourth-order valence-corrected chi connectivity index (χ4v) is 3.03. The first-order valence-electron chi connectivity index (χ1n) is 7.45. The second-order valence-electron chi connectivity index (χ2n) is 5.39. The molecule has 3 aromatic rings. The smallest absolute Gasteiger partial charge is 0.287 e. The van der Waals surface area contributed by atoms with Crippen molar-refractivity contribution in [3.8, 4) is 11.5 Å². The van der Waals surface area contributed by atoms with E-state index in [0.717, 1.165) is 15.4 Å². The van der Waals surface area contributed by atoms with Gasteiger partial charge in [-0.05, 0) is 24.3 Å². The number of fused-ring (bicyclic) bond motifs is 1. The Morgan fingerprint density at radius 2 is 2.08 bits per heavy atom. The molecular weight excluding hydrogens is 386 g/mol. The molecule has 1 amide bonds. The molecular formula is C18H16BrN3O3. The minimum Gasteiger partial charge on any atom is -0.504 e. The molecule has 1 aromatic heterocycles. The van der Waals surface area contributed by atoms with Crippen molar-refractivity contribution < 1.29 is 14.6 Å². The van der Waals surface area contributed by atoms with Gasteiger partial charge in [-0.1, -0.05) is 34.1 Å². The van der Waals surface area contributed by atoms with Crippen molar-refractivity contribution in [3.63, 3.8) is 0 Å². The van der Waals surface area contributed by atoms with Gasteiger partial charge >= 0.3 is 0 Å². The third-order valence-corrected chi connectivity index (χ3v) is 4.30. The fourth-order valence-electron chi connectivity index (χ4n) is 2.57. The van der Waals surface area contributed by atoms with E-state index in [1.807, 2.05) is 31.3 Å². The van der Waals surface area contributed by atoms with Gasteiger partial charge in [0.1, 0.15) is 5.69 Å². The molecule has 0 unspecified atom stereocenters. The number of amides is 1. The average molecular weight is 402 g/mol. The largest absolute Gasteiger partial charge is 0.504 e. The predicted octanol–water partition coefficient (Wildman–Crippen LogP) is 3.42. The zero-order valence-corrected chi connectivity index (χ0v) is 15.2. The van der Waals surface area contributed by atoms with E-state index in [-0.39, 0.29) is 11.7 Å². The maximum absolute atomic E-state index is 12.4. The van der Waals surface area contributed by atoms with Gasteiger partial charge in [0.25, 0.3) is 5.91 Å². The molecule has 2 aromatic carbocycles. The Hall–Kier alpha value is -2.80. The zero-order valence-electron chi connectivity index (χ0n) is 13.7. The molecule has 0 saturated heterocycles. The van der Waals surface area contributed by atoms with Gasteiger partial charge < -0.3 is 14.4 Å². The molecule has 0 aliphatic heterocycles. The lowest BCUT2D eigenvalue weighted by molar-refractivity contribution is 0.0947. The van der Waals surface area contributed by atoms with Crippen LogP contribution in [0.3, 0.4) is 0 Å². The third kappa shape index (κ3) is 3.36. The van der Waals surface area contributed by atoms with Crippen LogP contribution in [0.15, 0.2) is 52.0 Å². The van der Waals surface area contributed by atoms with Crippen LogP contribution in [0.5, 0.6) is 11.5 Å². The normalized spacial score (nSPS) is 11.2. The Kier molecular flexibility index (Phi) is 4.76. The zero-order chi connectivity index (χ0) is 18.0. The quantitative estimate of drug-likeness (QED) is 0.519. The average Bonchev–Trinajstić information content (AvgIpc) is 2.95. The topological polar surface area (TPSA) is 75.8 Å². The molecule has 2 N–H and O–H groups in total. The third-order valence-electron chi connectivity index (χ3n) is 3.84. The van der Waals surface area contributed by atoms with Crippen molar-refractivity contribution in [2.75, 3.05) is 7.11 Å². The van der Waals surface area contributed by atoms with Crippen LogP contribution in [-0.4, -0.2) is 28.9 Å². The summed E-state index contributed by atoms with van der Waals surface area (Å²) in [6.07, 6.45) is 1.36. The summed E-state index contributed by atoms with van der Waals surface area (Å²) in [6, 6.07) is 12.9. The van der Waals surface area contributed by atoms with E-state index >= 15 is 0 Å². The molecule has 0 fully saturated rings. The Labute approximate surface area is 152 Å². The first-order chi connectivity index (χ1) is 12.0. The lowest BCUT2D eigenvalue weighted by Crippen LogP contribution is -2.20. The summed E-state index contributed by atoms with van der Waals surface area (Å²) < 4.78 is 7.61. The highest BCUT2D eigenvalue weighted by molar-refractivity contribution is 9.10. The number of hydrogen-bond acceptors (Lipinski definition) is 4. The van der Waals surface area contributed by atoms with E-state index in [0.29, 0.717) is 17.0 Å². The molecule has 0 saturated carbocycles. The monoisotopic (exact) mass is 401 g/mol. The van der Waals surface area contributed by atoms with Crippen molar-refractivity contribution in [3.05, 3.63) is 58.2 Å². The maximum atomic E-state index is 12.4. The summed E-state index contributed by atoms with van der Waals surface area (Å²) in [7, 11) is 3.29. The minimum absolute atomic E-state index is 0.0479. The summed E-state index contributed by atoms with van der Waals surface area (Å²) in [4.78, 5) is 12.4. The molecule has 7 heteroatoms. The van der Waals surface area contributed by atoms with Gasteiger partial charge in [0.2, 0.25) is 0 Å². The van der Waals surface area contributed by atoms with Gasteiger partial charge in [0.15, 0.2) is 11.5 Å². The van der Waals surface area contributed by atoms with Crippen LogP contribution in [-0.2, 0) is 7.05 Å². The number of methoxy groups -OCH3 is 1. The standard InChI is InChI=1S/C18H16BrN3O3/c1-22-14-6-4-3-5-11(14)8-15(22)18(24)21-20-10-12-7-13(19)9-16(25-2)17(12)23/h3-10,23H,1-2H3,(H,21,24)/b20-10+. The van der Waals surface area contributed by atoms with Crippen LogP contribution in [0.25, 0.3) is 10.9 Å². The molecule has 3 rings (SSSR count). The number of benzene rings is 2. The molecule has 1 heterocycles. The number of nitrogens with one attached hydrogen (secondary N) is 1. The molecule has 25 heavy (non-hydrogen) atoms. The fraction of sp³-hybridized carbons (Fsp3) is 0.111. The van der Waals surface area contributed by atoms with Crippen molar-refractivity contribution in [2.24, 2.45) is 12.1 Å². The van der Waals surface area contributed by atoms with Crippen molar-refractivity contribution in [2.45, 2.75) is 0 Å². The first-order valence-corrected chi connectivity index (χ1v) is 8.25. The van der Waals surface area contributed by atoms with Crippen molar-refractivity contribution in [1.82, 2.24) is 9.99 Å². The van der Waals surface area contributed by atoms with E-state index in [9.17, 15) is 9.90 Å². The number of aromatic nitrogens is 1. The van der Waals surface area contributed by atoms with Crippen LogP contribution >= 0.6 is 15.9 Å². The Balaban J connectivity index is 1.81. The van der Waals surface area contributed by atoms with Crippen LogP contribution in [0.1, 0.15) is 16.1 Å². The summed E-state index contributed by atoms with van der Waals surface area (Å²) in [5.41, 5.74) is 4.35.